The second-order valence-electron chi connectivity index (χ2n) is 6.75. The van der Waals surface area contributed by atoms with Crippen molar-refractivity contribution in [3.05, 3.63) is 36.9 Å². The first-order chi connectivity index (χ1) is 11.3. The second kappa shape index (κ2) is 5.79. The molecule has 2 bridgehead atoms. The number of aryl methyl sites for hydroxylation is 1. The van der Waals surface area contributed by atoms with Gasteiger partial charge in [-0.15, -0.1) is 12.4 Å². The lowest BCUT2D eigenvalue weighted by molar-refractivity contribution is 0.434. The molecule has 0 radical (unpaired) electrons. The van der Waals surface area contributed by atoms with E-state index in [0.29, 0.717) is 6.04 Å². The molecular weight excluding hydrogens is 324 g/mol. The average molecular weight is 345 g/mol. The van der Waals surface area contributed by atoms with Crippen LogP contribution in [0.5, 0.6) is 0 Å². The van der Waals surface area contributed by atoms with Crippen LogP contribution in [0.3, 0.4) is 0 Å². The summed E-state index contributed by atoms with van der Waals surface area (Å²) in [5.41, 5.74) is 4.71. The van der Waals surface area contributed by atoms with Crippen molar-refractivity contribution in [2.75, 3.05) is 24.5 Å². The van der Waals surface area contributed by atoms with E-state index in [1.54, 1.807) is 0 Å². The molecule has 0 amide bonds. The van der Waals surface area contributed by atoms with Gasteiger partial charge in [-0.3, -0.25) is 4.68 Å². The third-order valence-corrected chi connectivity index (χ3v) is 5.16. The molecule has 3 aromatic heterocycles. The van der Waals surface area contributed by atoms with E-state index in [9.17, 15) is 0 Å². The molecule has 7 heteroatoms. The molecule has 0 spiro atoms. The van der Waals surface area contributed by atoms with E-state index in [-0.39, 0.29) is 12.4 Å². The standard InChI is InChI=1S/C17H20N6.ClH/c1-21-10-14(6-19-21)13-2-3-16-17(8-20-23(16)11-13)22-9-12-4-15(22)7-18-5-12;/h2-3,6,8,10-12,15,18H,4-5,7,9H2,1H3;1H. The predicted octanol–water partition coefficient (Wildman–Crippen LogP) is 1.95. The van der Waals surface area contributed by atoms with E-state index < -0.39 is 0 Å². The Balaban J connectivity index is 0.00000146. The molecule has 0 aliphatic carbocycles. The van der Waals surface area contributed by atoms with Crippen LogP contribution in [0.4, 0.5) is 5.69 Å². The van der Waals surface area contributed by atoms with Gasteiger partial charge in [0.1, 0.15) is 0 Å². The van der Waals surface area contributed by atoms with Crippen LogP contribution in [0, 0.1) is 5.92 Å². The van der Waals surface area contributed by atoms with Crippen LogP contribution in [-0.2, 0) is 7.05 Å². The maximum Gasteiger partial charge on any atom is 0.0896 e. The van der Waals surface area contributed by atoms with E-state index in [4.69, 9.17) is 0 Å². The lowest BCUT2D eigenvalue weighted by Gasteiger charge is -2.25. The molecule has 5 heterocycles. The molecule has 6 nitrogen and oxygen atoms in total. The summed E-state index contributed by atoms with van der Waals surface area (Å²) in [6.45, 7) is 3.38. The first-order valence-corrected chi connectivity index (χ1v) is 8.22. The summed E-state index contributed by atoms with van der Waals surface area (Å²) in [7, 11) is 1.94. The summed E-state index contributed by atoms with van der Waals surface area (Å²) < 4.78 is 3.82. The van der Waals surface area contributed by atoms with Gasteiger partial charge in [0.05, 0.1) is 23.6 Å². The molecule has 3 aromatic rings. The summed E-state index contributed by atoms with van der Waals surface area (Å²) >= 11 is 0. The molecule has 126 valence electrons. The third-order valence-electron chi connectivity index (χ3n) is 5.16. The zero-order chi connectivity index (χ0) is 15.4. The number of hydrogen-bond donors (Lipinski definition) is 1. The molecule has 0 aromatic carbocycles. The van der Waals surface area contributed by atoms with Crippen LogP contribution < -0.4 is 10.2 Å². The quantitative estimate of drug-likeness (QED) is 0.772. The highest BCUT2D eigenvalue weighted by molar-refractivity contribution is 5.85. The molecule has 5 rings (SSSR count). The van der Waals surface area contributed by atoms with Crippen molar-refractivity contribution in [2.45, 2.75) is 12.5 Å². The Morgan fingerprint density at radius 1 is 1.08 bits per heavy atom. The van der Waals surface area contributed by atoms with Gasteiger partial charge in [-0.05, 0) is 24.9 Å². The van der Waals surface area contributed by atoms with Crippen molar-refractivity contribution in [1.82, 2.24) is 24.7 Å². The van der Waals surface area contributed by atoms with Crippen LogP contribution >= 0.6 is 12.4 Å². The molecule has 0 saturated carbocycles. The van der Waals surface area contributed by atoms with Crippen LogP contribution in [0.25, 0.3) is 16.6 Å². The summed E-state index contributed by atoms with van der Waals surface area (Å²) in [5, 5.41) is 12.4. The normalized spacial score (nSPS) is 22.8. The smallest absolute Gasteiger partial charge is 0.0896 e. The van der Waals surface area contributed by atoms with Crippen LogP contribution in [0.1, 0.15) is 6.42 Å². The first-order valence-electron chi connectivity index (χ1n) is 8.22. The molecule has 2 fully saturated rings. The zero-order valence-electron chi connectivity index (χ0n) is 13.6. The maximum absolute atomic E-state index is 4.60. The minimum Gasteiger partial charge on any atom is -0.364 e. The Kier molecular flexibility index (Phi) is 3.73. The Hall–Kier alpha value is -2.05. The largest absolute Gasteiger partial charge is 0.364 e. The van der Waals surface area contributed by atoms with Gasteiger partial charge in [0.15, 0.2) is 0 Å². The van der Waals surface area contributed by atoms with Crippen LogP contribution in [-0.4, -0.2) is 45.1 Å². The van der Waals surface area contributed by atoms with Crippen molar-refractivity contribution in [1.29, 1.82) is 0 Å². The molecule has 2 unspecified atom stereocenters. The van der Waals surface area contributed by atoms with Crippen molar-refractivity contribution >= 4 is 23.6 Å². The summed E-state index contributed by atoms with van der Waals surface area (Å²) in [6, 6.07) is 4.96. The summed E-state index contributed by atoms with van der Waals surface area (Å²) in [5.74, 6) is 0.776. The number of halogens is 1. The molecule has 2 saturated heterocycles. The van der Waals surface area contributed by atoms with Crippen molar-refractivity contribution in [3.63, 3.8) is 0 Å². The Labute approximate surface area is 146 Å². The van der Waals surface area contributed by atoms with E-state index >= 15 is 0 Å². The van der Waals surface area contributed by atoms with Gasteiger partial charge in [0, 0.05) is 49.7 Å². The summed E-state index contributed by atoms with van der Waals surface area (Å²) in [4.78, 5) is 2.54. The highest BCUT2D eigenvalue weighted by Gasteiger charge is 2.36. The third kappa shape index (κ3) is 2.37. The maximum atomic E-state index is 4.60. The SMILES string of the molecule is Cl.Cn1cc(-c2ccc3c(N4CC5CNCC4C5)cnn3c2)cn1. The zero-order valence-corrected chi connectivity index (χ0v) is 14.4. The fraction of sp³-hybridized carbons (Fsp3) is 0.412. The monoisotopic (exact) mass is 344 g/mol. The summed E-state index contributed by atoms with van der Waals surface area (Å²) in [6.07, 6.45) is 9.33. The van der Waals surface area contributed by atoms with E-state index in [1.807, 2.05) is 34.8 Å². The van der Waals surface area contributed by atoms with E-state index in [1.165, 1.54) is 17.6 Å². The van der Waals surface area contributed by atoms with E-state index in [2.05, 4.69) is 38.7 Å². The Morgan fingerprint density at radius 3 is 2.79 bits per heavy atom. The molecule has 2 aliphatic rings. The fourth-order valence-corrected chi connectivity index (χ4v) is 4.04. The fourth-order valence-electron chi connectivity index (χ4n) is 4.04. The minimum absolute atomic E-state index is 0. The van der Waals surface area contributed by atoms with Gasteiger partial charge in [-0.25, -0.2) is 4.52 Å². The van der Waals surface area contributed by atoms with Gasteiger partial charge in [-0.2, -0.15) is 10.2 Å². The number of piperidine rings is 1. The molecule has 24 heavy (non-hydrogen) atoms. The average Bonchev–Trinajstić information content (AvgIpc) is 3.24. The van der Waals surface area contributed by atoms with Crippen molar-refractivity contribution < 1.29 is 0 Å². The lowest BCUT2D eigenvalue weighted by Crippen LogP contribution is -2.39. The van der Waals surface area contributed by atoms with Gasteiger partial charge in [0.25, 0.3) is 0 Å². The number of anilines is 1. The number of nitrogens with zero attached hydrogens (tertiary/aromatic N) is 5. The Bertz CT molecular complexity index is 869. The number of rotatable bonds is 2. The predicted molar refractivity (Wildman–Crippen MR) is 96.8 cm³/mol. The highest BCUT2D eigenvalue weighted by atomic mass is 35.5. The van der Waals surface area contributed by atoms with Gasteiger partial charge >= 0.3 is 0 Å². The van der Waals surface area contributed by atoms with Crippen molar-refractivity contribution in [2.24, 2.45) is 13.0 Å². The molecule has 1 N–H and O–H groups in total. The number of aromatic nitrogens is 4. The van der Waals surface area contributed by atoms with Crippen molar-refractivity contribution in [3.8, 4) is 11.1 Å². The van der Waals surface area contributed by atoms with Crippen LogP contribution in [0.15, 0.2) is 36.9 Å². The Morgan fingerprint density at radius 2 is 2.00 bits per heavy atom. The van der Waals surface area contributed by atoms with Gasteiger partial charge in [0.2, 0.25) is 0 Å². The van der Waals surface area contributed by atoms with E-state index in [0.717, 1.165) is 36.7 Å². The highest BCUT2D eigenvalue weighted by Crippen LogP contribution is 2.34. The van der Waals surface area contributed by atoms with Gasteiger partial charge < -0.3 is 10.2 Å². The molecule has 2 atom stereocenters. The lowest BCUT2D eigenvalue weighted by atomic mass is 10.0. The van der Waals surface area contributed by atoms with Gasteiger partial charge in [-0.1, -0.05) is 6.07 Å². The number of hydrogen-bond acceptors (Lipinski definition) is 4. The first kappa shape index (κ1) is 15.5. The number of fused-ring (bicyclic) bond motifs is 3. The number of nitrogens with one attached hydrogen (secondary N) is 1. The topological polar surface area (TPSA) is 50.4 Å². The minimum atomic E-state index is 0. The van der Waals surface area contributed by atoms with Crippen LogP contribution in [0.2, 0.25) is 0 Å². The number of pyridine rings is 1. The molecule has 2 aliphatic heterocycles. The molecular formula is C17H21ClN6. The second-order valence-corrected chi connectivity index (χ2v) is 6.75.